The van der Waals surface area contributed by atoms with Gasteiger partial charge in [0.05, 0.1) is 46.9 Å². The van der Waals surface area contributed by atoms with Crippen LogP contribution in [0.3, 0.4) is 0 Å². The molecule has 0 unspecified atom stereocenters. The standard InChI is InChI=1S/C25H19BrF6N6O3/c1-12-20(36-23(41)17-9-19(24(27,28)29)35-18-5-3-14(26)8-16(17)18)21(25(30,31)32)37-38(12)11-15-4-2-13(10-34-15)22(40)33-6-7-39/h2-5,8-10,39H,6-7,11H2,1H3,(H,33,40)(H,36,41). The molecular formula is C25H19BrF6N6O3. The Kier molecular flexibility index (Phi) is 8.35. The maximum atomic E-state index is 13.9. The smallest absolute Gasteiger partial charge is 0.395 e. The Labute approximate surface area is 235 Å². The van der Waals surface area contributed by atoms with Crippen LogP contribution in [0.2, 0.25) is 0 Å². The number of amides is 2. The summed E-state index contributed by atoms with van der Waals surface area (Å²) >= 11 is 3.17. The summed E-state index contributed by atoms with van der Waals surface area (Å²) in [4.78, 5) is 32.8. The van der Waals surface area contributed by atoms with Gasteiger partial charge in [-0.05, 0) is 43.3 Å². The number of aliphatic hydroxyl groups excluding tert-OH is 1. The average Bonchev–Trinajstić information content (AvgIpc) is 3.21. The van der Waals surface area contributed by atoms with Crippen LogP contribution in [0.5, 0.6) is 0 Å². The minimum Gasteiger partial charge on any atom is -0.395 e. The SMILES string of the molecule is Cc1c(NC(=O)c2cc(C(F)(F)F)nc3ccc(Br)cc23)c(C(F)(F)F)nn1Cc1ccc(C(=O)NCCO)cn1. The van der Waals surface area contributed by atoms with E-state index in [1.165, 1.54) is 43.5 Å². The number of hydrogen-bond acceptors (Lipinski definition) is 6. The molecule has 41 heavy (non-hydrogen) atoms. The number of benzene rings is 1. The lowest BCUT2D eigenvalue weighted by Crippen LogP contribution is -2.26. The Morgan fingerprint density at radius 2 is 1.76 bits per heavy atom. The second kappa shape index (κ2) is 11.4. The second-order valence-electron chi connectivity index (χ2n) is 8.65. The molecule has 0 fully saturated rings. The molecule has 16 heteroatoms. The van der Waals surface area contributed by atoms with Gasteiger partial charge in [0.25, 0.3) is 11.8 Å². The van der Waals surface area contributed by atoms with Crippen LogP contribution in [0, 0.1) is 6.92 Å². The summed E-state index contributed by atoms with van der Waals surface area (Å²) in [5.41, 5.74) is -4.08. The van der Waals surface area contributed by atoms with Crippen LogP contribution in [0.15, 0.2) is 47.1 Å². The highest BCUT2D eigenvalue weighted by Crippen LogP contribution is 2.37. The van der Waals surface area contributed by atoms with E-state index in [0.29, 0.717) is 10.5 Å². The molecule has 9 nitrogen and oxygen atoms in total. The number of hydrogen-bond donors (Lipinski definition) is 3. The van der Waals surface area contributed by atoms with Gasteiger partial charge < -0.3 is 15.7 Å². The quantitative estimate of drug-likeness (QED) is 0.245. The molecular weight excluding hydrogens is 626 g/mol. The molecule has 0 aliphatic carbocycles. The second-order valence-corrected chi connectivity index (χ2v) is 9.57. The Morgan fingerprint density at radius 1 is 1.02 bits per heavy atom. The van der Waals surface area contributed by atoms with Gasteiger partial charge in [-0.25, -0.2) is 4.98 Å². The van der Waals surface area contributed by atoms with Gasteiger partial charge in [-0.15, -0.1) is 0 Å². The summed E-state index contributed by atoms with van der Waals surface area (Å²) in [6.45, 7) is 0.712. The molecule has 0 aliphatic heterocycles. The molecule has 0 saturated heterocycles. The number of rotatable bonds is 7. The first-order valence-electron chi connectivity index (χ1n) is 11.7. The van der Waals surface area contributed by atoms with Gasteiger partial charge in [-0.3, -0.25) is 19.3 Å². The first-order chi connectivity index (χ1) is 19.2. The van der Waals surface area contributed by atoms with Crippen molar-refractivity contribution in [3.05, 3.63) is 81.0 Å². The highest BCUT2D eigenvalue weighted by Gasteiger charge is 2.40. The molecule has 0 bridgehead atoms. The van der Waals surface area contributed by atoms with Crippen molar-refractivity contribution < 1.29 is 41.0 Å². The van der Waals surface area contributed by atoms with Crippen LogP contribution in [-0.2, 0) is 18.9 Å². The number of fused-ring (bicyclic) bond motifs is 1. The zero-order valence-electron chi connectivity index (χ0n) is 20.9. The normalized spacial score (nSPS) is 12.0. The molecule has 4 aromatic rings. The van der Waals surface area contributed by atoms with Gasteiger partial charge >= 0.3 is 12.4 Å². The zero-order valence-corrected chi connectivity index (χ0v) is 22.4. The van der Waals surface area contributed by atoms with Crippen molar-refractivity contribution in [3.63, 3.8) is 0 Å². The Hall–Kier alpha value is -4.05. The van der Waals surface area contributed by atoms with E-state index in [1.54, 1.807) is 0 Å². The molecule has 0 aliphatic rings. The van der Waals surface area contributed by atoms with Crippen LogP contribution in [0.4, 0.5) is 32.0 Å². The Bertz CT molecular complexity index is 1620. The van der Waals surface area contributed by atoms with Gasteiger partial charge in [0.1, 0.15) is 5.69 Å². The monoisotopic (exact) mass is 644 g/mol. The van der Waals surface area contributed by atoms with Crippen LogP contribution >= 0.6 is 15.9 Å². The van der Waals surface area contributed by atoms with E-state index in [9.17, 15) is 35.9 Å². The molecule has 0 atom stereocenters. The number of aliphatic hydroxyl groups is 1. The number of carbonyl (C=O) groups excluding carboxylic acids is 2. The van der Waals surface area contributed by atoms with Crippen molar-refractivity contribution in [2.24, 2.45) is 0 Å². The van der Waals surface area contributed by atoms with Crippen LogP contribution in [0.1, 0.15) is 43.5 Å². The number of nitrogens with one attached hydrogen (secondary N) is 2. The third-order valence-corrected chi connectivity index (χ3v) is 6.31. The molecule has 4 rings (SSSR count). The van der Waals surface area contributed by atoms with Crippen LogP contribution < -0.4 is 10.6 Å². The fourth-order valence-corrected chi connectivity index (χ4v) is 4.20. The predicted octanol–water partition coefficient (Wildman–Crippen LogP) is 4.96. The molecule has 3 N–H and O–H groups in total. The molecule has 0 saturated carbocycles. The Balaban J connectivity index is 1.70. The van der Waals surface area contributed by atoms with Crippen molar-refractivity contribution in [2.75, 3.05) is 18.5 Å². The molecule has 3 aromatic heterocycles. The van der Waals surface area contributed by atoms with E-state index in [2.05, 4.69) is 41.6 Å². The highest BCUT2D eigenvalue weighted by molar-refractivity contribution is 9.10. The fraction of sp³-hybridized carbons (Fsp3) is 0.240. The van der Waals surface area contributed by atoms with Gasteiger partial charge in [0, 0.05) is 22.6 Å². The van der Waals surface area contributed by atoms with E-state index >= 15 is 0 Å². The minimum absolute atomic E-state index is 0.0178. The van der Waals surface area contributed by atoms with Gasteiger partial charge in [0.2, 0.25) is 0 Å². The number of nitrogens with zero attached hydrogens (tertiary/aromatic N) is 4. The third kappa shape index (κ3) is 6.65. The molecule has 0 radical (unpaired) electrons. The number of alkyl halides is 6. The lowest BCUT2D eigenvalue weighted by atomic mass is 10.1. The number of pyridine rings is 2. The van der Waals surface area contributed by atoms with Gasteiger partial charge in [-0.1, -0.05) is 15.9 Å². The number of halogens is 7. The maximum Gasteiger partial charge on any atom is 0.437 e. The van der Waals surface area contributed by atoms with Crippen molar-refractivity contribution in [1.29, 1.82) is 0 Å². The summed E-state index contributed by atoms with van der Waals surface area (Å²) in [6.07, 6.45) is -8.75. The summed E-state index contributed by atoms with van der Waals surface area (Å²) in [6, 6.07) is 7.23. The highest BCUT2D eigenvalue weighted by atomic mass is 79.9. The summed E-state index contributed by atoms with van der Waals surface area (Å²) in [5, 5.41) is 16.9. The number of aromatic nitrogens is 4. The van der Waals surface area contributed by atoms with Crippen molar-refractivity contribution in [2.45, 2.75) is 25.8 Å². The molecule has 216 valence electrons. The summed E-state index contributed by atoms with van der Waals surface area (Å²) < 4.78 is 83.6. The topological polar surface area (TPSA) is 122 Å². The van der Waals surface area contributed by atoms with Crippen LogP contribution in [0.25, 0.3) is 10.9 Å². The number of anilines is 1. The number of carbonyl (C=O) groups is 2. The van der Waals surface area contributed by atoms with Crippen molar-refractivity contribution >= 4 is 44.3 Å². The van der Waals surface area contributed by atoms with E-state index in [4.69, 9.17) is 5.11 Å². The van der Waals surface area contributed by atoms with Crippen molar-refractivity contribution in [3.8, 4) is 0 Å². The zero-order chi connectivity index (χ0) is 30.1. The first-order valence-corrected chi connectivity index (χ1v) is 12.5. The van der Waals surface area contributed by atoms with E-state index < -0.39 is 46.8 Å². The summed E-state index contributed by atoms with van der Waals surface area (Å²) in [7, 11) is 0. The fourth-order valence-electron chi connectivity index (χ4n) is 3.84. The van der Waals surface area contributed by atoms with Crippen LogP contribution in [-0.4, -0.2) is 49.8 Å². The summed E-state index contributed by atoms with van der Waals surface area (Å²) in [5.74, 6) is -1.74. The van der Waals surface area contributed by atoms with E-state index in [0.717, 1.165) is 4.68 Å². The first kappa shape index (κ1) is 29.9. The van der Waals surface area contributed by atoms with E-state index in [1.807, 2.05) is 0 Å². The molecule has 2 amide bonds. The lowest BCUT2D eigenvalue weighted by molar-refractivity contribution is -0.141. The van der Waals surface area contributed by atoms with Gasteiger partial charge in [0.15, 0.2) is 5.69 Å². The predicted molar refractivity (Wildman–Crippen MR) is 137 cm³/mol. The maximum absolute atomic E-state index is 13.9. The molecule has 0 spiro atoms. The molecule has 1 aromatic carbocycles. The van der Waals surface area contributed by atoms with Gasteiger partial charge in [-0.2, -0.15) is 31.4 Å². The average molecular weight is 645 g/mol. The van der Waals surface area contributed by atoms with Crippen molar-refractivity contribution in [1.82, 2.24) is 25.1 Å². The Morgan fingerprint density at radius 3 is 2.37 bits per heavy atom. The van der Waals surface area contributed by atoms with E-state index in [-0.39, 0.29) is 47.6 Å². The minimum atomic E-state index is -5.03. The third-order valence-electron chi connectivity index (χ3n) is 5.82. The largest absolute Gasteiger partial charge is 0.437 e. The molecule has 3 heterocycles. The lowest BCUT2D eigenvalue weighted by Gasteiger charge is -2.13.